The SMILES string of the molecule is CCc1nn2cccnc2c1CCC(=O)O. The minimum Gasteiger partial charge on any atom is -0.481 e. The average molecular weight is 219 g/mol. The van der Waals surface area contributed by atoms with E-state index in [2.05, 4.69) is 10.1 Å². The van der Waals surface area contributed by atoms with Crippen LogP contribution in [0, 0.1) is 0 Å². The monoisotopic (exact) mass is 219 g/mol. The van der Waals surface area contributed by atoms with Crippen LogP contribution in [0.2, 0.25) is 0 Å². The Morgan fingerprint density at radius 3 is 3.06 bits per heavy atom. The molecule has 5 nitrogen and oxygen atoms in total. The number of hydrogen-bond acceptors (Lipinski definition) is 3. The van der Waals surface area contributed by atoms with Crippen LogP contribution < -0.4 is 0 Å². The number of carboxylic acid groups (broad SMARTS) is 1. The third-order valence-corrected chi connectivity index (χ3v) is 2.50. The van der Waals surface area contributed by atoms with Gasteiger partial charge in [0.1, 0.15) is 0 Å². The molecule has 0 saturated carbocycles. The van der Waals surface area contributed by atoms with Crippen LogP contribution in [-0.4, -0.2) is 25.7 Å². The largest absolute Gasteiger partial charge is 0.481 e. The Morgan fingerprint density at radius 2 is 2.38 bits per heavy atom. The van der Waals surface area contributed by atoms with Crippen molar-refractivity contribution < 1.29 is 9.90 Å². The molecule has 0 aliphatic heterocycles. The summed E-state index contributed by atoms with van der Waals surface area (Å²) in [5, 5.41) is 13.1. The molecule has 0 aliphatic carbocycles. The molecule has 0 atom stereocenters. The number of carboxylic acids is 1. The first kappa shape index (κ1) is 10.6. The fourth-order valence-corrected chi connectivity index (χ4v) is 1.75. The van der Waals surface area contributed by atoms with Gasteiger partial charge in [0.15, 0.2) is 5.65 Å². The Kier molecular flexibility index (Phi) is 2.85. The van der Waals surface area contributed by atoms with Crippen molar-refractivity contribution in [1.82, 2.24) is 14.6 Å². The summed E-state index contributed by atoms with van der Waals surface area (Å²) in [4.78, 5) is 14.8. The molecule has 0 bridgehead atoms. The Morgan fingerprint density at radius 1 is 1.56 bits per heavy atom. The van der Waals surface area contributed by atoms with E-state index in [1.807, 2.05) is 13.1 Å². The van der Waals surface area contributed by atoms with Crippen molar-refractivity contribution in [1.29, 1.82) is 0 Å². The maximum Gasteiger partial charge on any atom is 0.303 e. The highest BCUT2D eigenvalue weighted by Gasteiger charge is 2.12. The fourth-order valence-electron chi connectivity index (χ4n) is 1.75. The normalized spacial score (nSPS) is 10.8. The van der Waals surface area contributed by atoms with E-state index in [1.165, 1.54) is 0 Å². The smallest absolute Gasteiger partial charge is 0.303 e. The molecular formula is C11H13N3O2. The van der Waals surface area contributed by atoms with Crippen LogP contribution in [0.5, 0.6) is 0 Å². The molecule has 84 valence electrons. The molecule has 5 heteroatoms. The average Bonchev–Trinajstić information content (AvgIpc) is 2.64. The second-order valence-corrected chi connectivity index (χ2v) is 3.56. The molecule has 0 aliphatic rings. The van der Waals surface area contributed by atoms with Crippen molar-refractivity contribution in [2.24, 2.45) is 0 Å². The first-order valence-corrected chi connectivity index (χ1v) is 5.25. The lowest BCUT2D eigenvalue weighted by molar-refractivity contribution is -0.136. The number of rotatable bonds is 4. The van der Waals surface area contributed by atoms with Crippen LogP contribution in [0.15, 0.2) is 18.5 Å². The van der Waals surface area contributed by atoms with Crippen LogP contribution in [0.4, 0.5) is 0 Å². The first-order chi connectivity index (χ1) is 7.72. The lowest BCUT2D eigenvalue weighted by atomic mass is 10.1. The zero-order chi connectivity index (χ0) is 11.5. The van der Waals surface area contributed by atoms with E-state index in [4.69, 9.17) is 5.11 Å². The fraction of sp³-hybridized carbons (Fsp3) is 0.364. The van der Waals surface area contributed by atoms with E-state index < -0.39 is 5.97 Å². The highest BCUT2D eigenvalue weighted by Crippen LogP contribution is 2.16. The van der Waals surface area contributed by atoms with Crippen molar-refractivity contribution in [3.8, 4) is 0 Å². The Hall–Kier alpha value is -1.91. The van der Waals surface area contributed by atoms with Gasteiger partial charge in [0.2, 0.25) is 0 Å². The summed E-state index contributed by atoms with van der Waals surface area (Å²) in [7, 11) is 0. The van der Waals surface area contributed by atoms with Gasteiger partial charge in [-0.1, -0.05) is 6.92 Å². The second kappa shape index (κ2) is 4.30. The first-order valence-electron chi connectivity index (χ1n) is 5.25. The molecule has 2 aromatic heterocycles. The van der Waals surface area contributed by atoms with Gasteiger partial charge in [-0.2, -0.15) is 5.10 Å². The van der Waals surface area contributed by atoms with E-state index in [1.54, 1.807) is 16.8 Å². The van der Waals surface area contributed by atoms with E-state index in [9.17, 15) is 4.79 Å². The predicted octanol–water partition coefficient (Wildman–Crippen LogP) is 1.31. The van der Waals surface area contributed by atoms with Crippen molar-refractivity contribution in [3.63, 3.8) is 0 Å². The second-order valence-electron chi connectivity index (χ2n) is 3.56. The van der Waals surface area contributed by atoms with E-state index in [0.717, 1.165) is 23.3 Å². The van der Waals surface area contributed by atoms with Crippen molar-refractivity contribution in [2.75, 3.05) is 0 Å². The van der Waals surface area contributed by atoms with Gasteiger partial charge in [-0.15, -0.1) is 0 Å². The molecule has 0 saturated heterocycles. The highest BCUT2D eigenvalue weighted by atomic mass is 16.4. The number of aromatic nitrogens is 3. The zero-order valence-corrected chi connectivity index (χ0v) is 9.05. The molecular weight excluding hydrogens is 206 g/mol. The summed E-state index contributed by atoms with van der Waals surface area (Å²) >= 11 is 0. The van der Waals surface area contributed by atoms with Gasteiger partial charge in [0.25, 0.3) is 0 Å². The third-order valence-electron chi connectivity index (χ3n) is 2.50. The summed E-state index contributed by atoms with van der Waals surface area (Å²) in [5.74, 6) is -0.794. The van der Waals surface area contributed by atoms with Gasteiger partial charge in [-0.05, 0) is 18.9 Å². The third kappa shape index (κ3) is 1.88. The van der Waals surface area contributed by atoms with Gasteiger partial charge in [-0.3, -0.25) is 4.79 Å². The number of hydrogen-bond donors (Lipinski definition) is 1. The van der Waals surface area contributed by atoms with Gasteiger partial charge in [-0.25, -0.2) is 9.50 Å². The standard InChI is InChI=1S/C11H13N3O2/c1-2-9-8(4-5-10(15)16)11-12-6-3-7-14(11)13-9/h3,6-7H,2,4-5H2,1H3,(H,15,16). The number of aryl methyl sites for hydroxylation is 2. The number of nitrogens with zero attached hydrogens (tertiary/aromatic N) is 3. The van der Waals surface area contributed by atoms with Crippen LogP contribution in [0.3, 0.4) is 0 Å². The van der Waals surface area contributed by atoms with E-state index in [-0.39, 0.29) is 6.42 Å². The Bertz CT molecular complexity index is 519. The molecule has 0 fully saturated rings. The minimum atomic E-state index is -0.794. The van der Waals surface area contributed by atoms with Crippen LogP contribution in [0.1, 0.15) is 24.6 Å². The maximum atomic E-state index is 10.6. The molecule has 0 radical (unpaired) electrons. The summed E-state index contributed by atoms with van der Waals surface area (Å²) in [5.41, 5.74) is 2.64. The molecule has 0 unspecified atom stereocenters. The van der Waals surface area contributed by atoms with E-state index in [0.29, 0.717) is 6.42 Å². The van der Waals surface area contributed by atoms with Gasteiger partial charge in [0, 0.05) is 24.4 Å². The maximum absolute atomic E-state index is 10.6. The number of aliphatic carboxylic acids is 1. The molecule has 2 heterocycles. The molecule has 0 spiro atoms. The molecule has 2 rings (SSSR count). The molecule has 1 N–H and O–H groups in total. The molecule has 16 heavy (non-hydrogen) atoms. The van der Waals surface area contributed by atoms with Gasteiger partial charge < -0.3 is 5.11 Å². The van der Waals surface area contributed by atoms with Crippen LogP contribution in [0.25, 0.3) is 5.65 Å². The number of fused-ring (bicyclic) bond motifs is 1. The van der Waals surface area contributed by atoms with Crippen molar-refractivity contribution in [3.05, 3.63) is 29.7 Å². The zero-order valence-electron chi connectivity index (χ0n) is 9.05. The minimum absolute atomic E-state index is 0.116. The highest BCUT2D eigenvalue weighted by molar-refractivity contribution is 5.68. The lowest BCUT2D eigenvalue weighted by Gasteiger charge is -1.97. The topological polar surface area (TPSA) is 67.5 Å². The molecule has 0 aromatic carbocycles. The summed E-state index contributed by atoms with van der Waals surface area (Å²) in [6.07, 6.45) is 4.91. The predicted molar refractivity (Wildman–Crippen MR) is 58.3 cm³/mol. The van der Waals surface area contributed by atoms with Gasteiger partial charge in [0.05, 0.1) is 5.69 Å². The molecule has 2 aromatic rings. The van der Waals surface area contributed by atoms with Crippen molar-refractivity contribution in [2.45, 2.75) is 26.2 Å². The Balaban J connectivity index is 2.43. The Labute approximate surface area is 92.7 Å². The summed E-state index contributed by atoms with van der Waals surface area (Å²) in [6.45, 7) is 2.01. The van der Waals surface area contributed by atoms with Crippen LogP contribution in [-0.2, 0) is 17.6 Å². The van der Waals surface area contributed by atoms with E-state index >= 15 is 0 Å². The summed E-state index contributed by atoms with van der Waals surface area (Å²) < 4.78 is 1.70. The number of carbonyl (C=O) groups is 1. The molecule has 0 amide bonds. The lowest BCUT2D eigenvalue weighted by Crippen LogP contribution is -1.99. The van der Waals surface area contributed by atoms with Crippen LogP contribution >= 0.6 is 0 Å². The van der Waals surface area contributed by atoms with Crippen molar-refractivity contribution >= 4 is 11.6 Å². The quantitative estimate of drug-likeness (QED) is 0.841. The summed E-state index contributed by atoms with van der Waals surface area (Å²) in [6, 6.07) is 1.81. The van der Waals surface area contributed by atoms with Gasteiger partial charge >= 0.3 is 5.97 Å².